The molecule has 3 atom stereocenters. The fourth-order valence-corrected chi connectivity index (χ4v) is 4.62. The van der Waals surface area contributed by atoms with Gasteiger partial charge in [0.05, 0.1) is 11.8 Å². The van der Waals surface area contributed by atoms with Crippen molar-refractivity contribution in [2.75, 3.05) is 26.3 Å². The Morgan fingerprint density at radius 1 is 1.16 bits per heavy atom. The molecule has 204 valence electrons. The van der Waals surface area contributed by atoms with Gasteiger partial charge in [-0.05, 0) is 37.0 Å². The van der Waals surface area contributed by atoms with Gasteiger partial charge < -0.3 is 19.0 Å². The topological polar surface area (TPSA) is 99.6 Å². The Bertz CT molecular complexity index is 992. The highest BCUT2D eigenvalue weighted by Gasteiger charge is 2.30. The minimum atomic E-state index is -0.589. The van der Waals surface area contributed by atoms with Gasteiger partial charge in [-0.1, -0.05) is 31.1 Å². The fraction of sp³-hybridized carbons (Fsp3) is 0.643. The molecule has 3 rings (SSSR count). The number of fused-ring (bicyclic) bond motifs is 1. The standard InChI is InChI=1S/C28H41N3O6/c1-6-22-16-23-17-31(14-11-26(23)29-25(22)7-2)13-10-19(3)30-35-15-12-24-8-9-27(36-21(5)33)28(37-24)18-34-20(4)32/h8-9,16,24,27-28H,6-7,10-15,17-18H2,1-5H3/b30-19+/t24-,27-,28-/m0/s1. The molecular weight excluding hydrogens is 474 g/mol. The summed E-state index contributed by atoms with van der Waals surface area (Å²) in [6.45, 7) is 12.3. The lowest BCUT2D eigenvalue weighted by Crippen LogP contribution is -2.41. The van der Waals surface area contributed by atoms with Crippen molar-refractivity contribution in [1.82, 2.24) is 9.88 Å². The Morgan fingerprint density at radius 2 is 1.97 bits per heavy atom. The number of nitrogens with zero attached hydrogens (tertiary/aromatic N) is 3. The lowest BCUT2D eigenvalue weighted by molar-refractivity contribution is -0.164. The maximum Gasteiger partial charge on any atom is 0.303 e. The van der Waals surface area contributed by atoms with Crippen LogP contribution in [0.15, 0.2) is 23.4 Å². The number of hydrogen-bond acceptors (Lipinski definition) is 9. The highest BCUT2D eigenvalue weighted by Crippen LogP contribution is 2.22. The molecule has 2 aliphatic rings. The molecule has 0 unspecified atom stereocenters. The number of carbonyl (C=O) groups excluding carboxylic acids is 2. The minimum Gasteiger partial charge on any atom is -0.463 e. The monoisotopic (exact) mass is 515 g/mol. The van der Waals surface area contributed by atoms with Crippen LogP contribution in [0.25, 0.3) is 0 Å². The van der Waals surface area contributed by atoms with E-state index in [1.54, 1.807) is 6.08 Å². The third kappa shape index (κ3) is 8.93. The van der Waals surface area contributed by atoms with Gasteiger partial charge in [-0.15, -0.1) is 0 Å². The molecule has 1 aromatic rings. The summed E-state index contributed by atoms with van der Waals surface area (Å²) in [7, 11) is 0. The summed E-state index contributed by atoms with van der Waals surface area (Å²) in [4.78, 5) is 35.5. The number of carbonyl (C=O) groups is 2. The van der Waals surface area contributed by atoms with Crippen LogP contribution in [0.4, 0.5) is 0 Å². The van der Waals surface area contributed by atoms with Gasteiger partial charge in [-0.25, -0.2) is 0 Å². The summed E-state index contributed by atoms with van der Waals surface area (Å²) in [5.41, 5.74) is 6.17. The van der Waals surface area contributed by atoms with Crippen molar-refractivity contribution in [2.45, 2.75) is 91.6 Å². The van der Waals surface area contributed by atoms with E-state index >= 15 is 0 Å². The van der Waals surface area contributed by atoms with Crippen molar-refractivity contribution in [2.24, 2.45) is 5.16 Å². The third-order valence-electron chi connectivity index (χ3n) is 6.62. The first-order valence-electron chi connectivity index (χ1n) is 13.3. The van der Waals surface area contributed by atoms with Crippen molar-refractivity contribution in [3.05, 3.63) is 40.7 Å². The number of rotatable bonds is 12. The first-order valence-corrected chi connectivity index (χ1v) is 13.3. The van der Waals surface area contributed by atoms with E-state index in [1.165, 1.54) is 36.4 Å². The van der Waals surface area contributed by atoms with Crippen LogP contribution in [0.3, 0.4) is 0 Å². The number of hydrogen-bond donors (Lipinski definition) is 0. The molecule has 0 saturated carbocycles. The SMILES string of the molecule is CCc1cc2c(nc1CC)CCN(CC/C(C)=N/OCC[C@@H]1C=C[C@H](OC(C)=O)[C@H](COC(C)=O)O1)C2. The number of esters is 2. The van der Waals surface area contributed by atoms with Gasteiger partial charge in [0.15, 0.2) is 0 Å². The van der Waals surface area contributed by atoms with Crippen LogP contribution in [0.5, 0.6) is 0 Å². The number of oxime groups is 1. The molecule has 0 N–H and O–H groups in total. The molecule has 1 aromatic heterocycles. The van der Waals surface area contributed by atoms with Gasteiger partial charge in [-0.2, -0.15) is 0 Å². The molecule has 0 spiro atoms. The molecule has 0 fully saturated rings. The summed E-state index contributed by atoms with van der Waals surface area (Å²) in [6, 6.07) is 2.35. The maximum absolute atomic E-state index is 11.4. The Balaban J connectivity index is 1.42. The van der Waals surface area contributed by atoms with E-state index in [0.29, 0.717) is 13.0 Å². The summed E-state index contributed by atoms with van der Waals surface area (Å²) in [5.74, 6) is -0.828. The summed E-state index contributed by atoms with van der Waals surface area (Å²) in [6.07, 6.45) is 6.64. The first-order chi connectivity index (χ1) is 17.8. The molecule has 0 aromatic carbocycles. The maximum atomic E-state index is 11.4. The van der Waals surface area contributed by atoms with Gasteiger partial charge in [-0.3, -0.25) is 19.5 Å². The largest absolute Gasteiger partial charge is 0.463 e. The molecule has 0 saturated heterocycles. The van der Waals surface area contributed by atoms with E-state index in [0.717, 1.165) is 51.0 Å². The summed E-state index contributed by atoms with van der Waals surface area (Å²) >= 11 is 0. The molecule has 0 bridgehead atoms. The van der Waals surface area contributed by atoms with E-state index in [-0.39, 0.29) is 12.7 Å². The predicted molar refractivity (Wildman–Crippen MR) is 140 cm³/mol. The second-order valence-corrected chi connectivity index (χ2v) is 9.61. The van der Waals surface area contributed by atoms with Crippen molar-refractivity contribution in [3.63, 3.8) is 0 Å². The van der Waals surface area contributed by atoms with E-state index in [9.17, 15) is 9.59 Å². The Hall–Kier alpha value is -2.78. The van der Waals surface area contributed by atoms with Gasteiger partial charge in [0.1, 0.15) is 25.4 Å². The summed E-state index contributed by atoms with van der Waals surface area (Å²) < 4.78 is 16.3. The molecule has 3 heterocycles. The average molecular weight is 516 g/mol. The van der Waals surface area contributed by atoms with Crippen LogP contribution in [0, 0.1) is 0 Å². The molecule has 2 aliphatic heterocycles. The van der Waals surface area contributed by atoms with Gasteiger partial charge >= 0.3 is 11.9 Å². The number of aromatic nitrogens is 1. The average Bonchev–Trinajstić information content (AvgIpc) is 2.88. The number of aryl methyl sites for hydroxylation is 2. The van der Waals surface area contributed by atoms with Gasteiger partial charge in [0.2, 0.25) is 0 Å². The fourth-order valence-electron chi connectivity index (χ4n) is 4.62. The normalized spacial score (nSPS) is 21.9. The third-order valence-corrected chi connectivity index (χ3v) is 6.62. The highest BCUT2D eigenvalue weighted by molar-refractivity contribution is 5.81. The van der Waals surface area contributed by atoms with Crippen molar-refractivity contribution in [3.8, 4) is 0 Å². The quantitative estimate of drug-likeness (QED) is 0.137. The smallest absolute Gasteiger partial charge is 0.303 e. The molecular formula is C28H41N3O6. The van der Waals surface area contributed by atoms with Crippen LogP contribution >= 0.6 is 0 Å². The zero-order valence-electron chi connectivity index (χ0n) is 22.8. The van der Waals surface area contributed by atoms with Gasteiger partial charge in [0, 0.05) is 64.1 Å². The Labute approximate surface area is 220 Å². The molecule has 0 aliphatic carbocycles. The zero-order chi connectivity index (χ0) is 26.8. The van der Waals surface area contributed by atoms with Crippen LogP contribution < -0.4 is 0 Å². The van der Waals surface area contributed by atoms with Crippen molar-refractivity contribution in [1.29, 1.82) is 0 Å². The van der Waals surface area contributed by atoms with E-state index in [2.05, 4.69) is 30.0 Å². The van der Waals surface area contributed by atoms with E-state index in [4.69, 9.17) is 24.0 Å². The first kappa shape index (κ1) is 28.8. The number of pyridine rings is 1. The van der Waals surface area contributed by atoms with Crippen LogP contribution in [0.1, 0.15) is 70.0 Å². The van der Waals surface area contributed by atoms with E-state index in [1.807, 2.05) is 13.0 Å². The second kappa shape index (κ2) is 14.2. The Morgan fingerprint density at radius 3 is 2.68 bits per heavy atom. The molecule has 0 radical (unpaired) electrons. The van der Waals surface area contributed by atoms with Crippen LogP contribution in [0.2, 0.25) is 0 Å². The van der Waals surface area contributed by atoms with Crippen molar-refractivity contribution < 1.29 is 28.6 Å². The molecule has 9 nitrogen and oxygen atoms in total. The highest BCUT2D eigenvalue weighted by atomic mass is 16.6. The lowest BCUT2D eigenvalue weighted by atomic mass is 9.99. The van der Waals surface area contributed by atoms with E-state index < -0.39 is 24.1 Å². The molecule has 9 heteroatoms. The predicted octanol–water partition coefficient (Wildman–Crippen LogP) is 3.56. The molecule has 37 heavy (non-hydrogen) atoms. The molecule has 0 amide bonds. The lowest BCUT2D eigenvalue weighted by Gasteiger charge is -2.31. The van der Waals surface area contributed by atoms with Crippen LogP contribution in [-0.2, 0) is 54.4 Å². The van der Waals surface area contributed by atoms with Crippen molar-refractivity contribution >= 4 is 17.7 Å². The minimum absolute atomic E-state index is 0.0167. The Kier molecular flexibility index (Phi) is 11.1. The number of ether oxygens (including phenoxy) is 3. The van der Waals surface area contributed by atoms with Gasteiger partial charge in [0.25, 0.3) is 0 Å². The second-order valence-electron chi connectivity index (χ2n) is 9.61. The van der Waals surface area contributed by atoms with Crippen LogP contribution in [-0.4, -0.2) is 72.1 Å². The summed E-state index contributed by atoms with van der Waals surface area (Å²) in [5, 5.41) is 4.28. The zero-order valence-corrected chi connectivity index (χ0v) is 22.8.